The van der Waals surface area contributed by atoms with Crippen LogP contribution in [0.3, 0.4) is 0 Å². The number of anilines is 2. The average Bonchev–Trinajstić information content (AvgIpc) is 2.46. The Kier molecular flexibility index (Phi) is 4.47. The minimum absolute atomic E-state index is 0.156. The molecule has 2 aromatic rings. The van der Waals surface area contributed by atoms with Crippen molar-refractivity contribution in [3.8, 4) is 0 Å². The van der Waals surface area contributed by atoms with Crippen molar-refractivity contribution in [3.63, 3.8) is 0 Å². The lowest BCUT2D eigenvalue weighted by molar-refractivity contribution is 0.102. The number of hydrogen-bond donors (Lipinski definition) is 2. The molecule has 0 bridgehead atoms. The first-order valence-electron chi connectivity index (χ1n) is 6.79. The number of nitrogens with zero attached hydrogens (tertiary/aromatic N) is 3. The maximum absolute atomic E-state index is 12.4. The Labute approximate surface area is 124 Å². The second-order valence-corrected chi connectivity index (χ2v) is 5.10. The topological polar surface area (TPSA) is 79.8 Å². The maximum atomic E-state index is 12.4. The van der Waals surface area contributed by atoms with Crippen molar-refractivity contribution in [1.82, 2.24) is 15.0 Å². The average molecular weight is 285 g/mol. The van der Waals surface area contributed by atoms with Gasteiger partial charge in [0.2, 0.25) is 0 Å². The van der Waals surface area contributed by atoms with Crippen molar-refractivity contribution in [2.24, 2.45) is 0 Å². The maximum Gasteiger partial charge on any atom is 0.276 e. The third-order valence-electron chi connectivity index (χ3n) is 2.94. The molecule has 0 aliphatic rings. The molecule has 2 heterocycles. The third-order valence-corrected chi connectivity index (χ3v) is 2.94. The number of amides is 1. The van der Waals surface area contributed by atoms with E-state index in [-0.39, 0.29) is 11.8 Å². The summed E-state index contributed by atoms with van der Waals surface area (Å²) in [5.74, 6) is 0.514. The van der Waals surface area contributed by atoms with Crippen molar-refractivity contribution >= 4 is 17.3 Å². The molecule has 2 aromatic heterocycles. The lowest BCUT2D eigenvalue weighted by atomic mass is 10.2. The molecule has 2 rings (SSSR count). The minimum atomic E-state index is -0.281. The smallest absolute Gasteiger partial charge is 0.276 e. The van der Waals surface area contributed by atoms with E-state index in [0.717, 1.165) is 5.56 Å². The van der Waals surface area contributed by atoms with E-state index in [0.29, 0.717) is 22.9 Å². The predicted molar refractivity (Wildman–Crippen MR) is 82.6 cm³/mol. The van der Waals surface area contributed by atoms with Crippen LogP contribution >= 0.6 is 0 Å². The van der Waals surface area contributed by atoms with E-state index in [1.807, 2.05) is 26.8 Å². The zero-order valence-electron chi connectivity index (χ0n) is 12.6. The van der Waals surface area contributed by atoms with Gasteiger partial charge in [0, 0.05) is 19.2 Å². The zero-order valence-corrected chi connectivity index (χ0v) is 12.6. The number of aromatic nitrogens is 3. The zero-order chi connectivity index (χ0) is 15.4. The Hall–Kier alpha value is -2.50. The molecule has 6 nitrogen and oxygen atoms in total. The molecule has 0 saturated carbocycles. The van der Waals surface area contributed by atoms with E-state index in [1.165, 1.54) is 0 Å². The lowest BCUT2D eigenvalue weighted by Gasteiger charge is -2.11. The summed E-state index contributed by atoms with van der Waals surface area (Å²) in [7, 11) is 1.73. The largest absolute Gasteiger partial charge is 0.385 e. The standard InChI is InChI=1S/C15H19N5O/c1-9(2)14-18-8-12(16-4)13(20-14)15(21)19-11-5-10(3)6-17-7-11/h5-9,16H,1-4H3,(H,19,21). The van der Waals surface area contributed by atoms with E-state index in [9.17, 15) is 4.79 Å². The van der Waals surface area contributed by atoms with Crippen LogP contribution in [0.5, 0.6) is 0 Å². The van der Waals surface area contributed by atoms with Crippen LogP contribution in [0.2, 0.25) is 0 Å². The summed E-state index contributed by atoms with van der Waals surface area (Å²) in [6.07, 6.45) is 4.97. The summed E-state index contributed by atoms with van der Waals surface area (Å²) in [6, 6.07) is 1.86. The molecule has 2 N–H and O–H groups in total. The van der Waals surface area contributed by atoms with E-state index in [2.05, 4.69) is 25.6 Å². The molecule has 0 spiro atoms. The molecule has 0 radical (unpaired) electrons. The van der Waals surface area contributed by atoms with Crippen LogP contribution in [-0.4, -0.2) is 27.9 Å². The molecule has 0 saturated heterocycles. The molecule has 0 aliphatic heterocycles. The van der Waals surface area contributed by atoms with Crippen molar-refractivity contribution in [1.29, 1.82) is 0 Å². The molecule has 0 aliphatic carbocycles. The van der Waals surface area contributed by atoms with Gasteiger partial charge < -0.3 is 10.6 Å². The Morgan fingerprint density at radius 2 is 2.00 bits per heavy atom. The highest BCUT2D eigenvalue weighted by Gasteiger charge is 2.16. The summed E-state index contributed by atoms with van der Waals surface area (Å²) in [6.45, 7) is 5.89. The number of nitrogens with one attached hydrogen (secondary N) is 2. The van der Waals surface area contributed by atoms with Crippen LogP contribution in [0, 0.1) is 6.92 Å². The Bertz CT molecular complexity index is 654. The molecular formula is C15H19N5O. The van der Waals surface area contributed by atoms with E-state index in [4.69, 9.17) is 0 Å². The van der Waals surface area contributed by atoms with Gasteiger partial charge in [0.05, 0.1) is 23.8 Å². The molecule has 0 atom stereocenters. The number of carbonyl (C=O) groups excluding carboxylic acids is 1. The highest BCUT2D eigenvalue weighted by atomic mass is 16.1. The molecular weight excluding hydrogens is 266 g/mol. The van der Waals surface area contributed by atoms with Crippen molar-refractivity contribution in [2.45, 2.75) is 26.7 Å². The number of hydrogen-bond acceptors (Lipinski definition) is 5. The van der Waals surface area contributed by atoms with Gasteiger partial charge in [-0.15, -0.1) is 0 Å². The van der Waals surface area contributed by atoms with Gasteiger partial charge in [0.15, 0.2) is 5.69 Å². The number of pyridine rings is 1. The Morgan fingerprint density at radius 1 is 1.24 bits per heavy atom. The molecule has 1 amide bonds. The monoisotopic (exact) mass is 285 g/mol. The van der Waals surface area contributed by atoms with Crippen molar-refractivity contribution in [3.05, 3.63) is 41.7 Å². The van der Waals surface area contributed by atoms with Crippen LogP contribution in [0.15, 0.2) is 24.7 Å². The minimum Gasteiger partial charge on any atom is -0.385 e. The molecule has 21 heavy (non-hydrogen) atoms. The molecule has 0 aromatic carbocycles. The quantitative estimate of drug-likeness (QED) is 0.902. The summed E-state index contributed by atoms with van der Waals surface area (Å²) in [5.41, 5.74) is 2.55. The fraction of sp³-hybridized carbons (Fsp3) is 0.333. The van der Waals surface area contributed by atoms with Crippen molar-refractivity contribution < 1.29 is 4.79 Å². The fourth-order valence-corrected chi connectivity index (χ4v) is 1.84. The van der Waals surface area contributed by atoms with Crippen LogP contribution < -0.4 is 10.6 Å². The fourth-order valence-electron chi connectivity index (χ4n) is 1.84. The summed E-state index contributed by atoms with van der Waals surface area (Å²) < 4.78 is 0. The van der Waals surface area contributed by atoms with E-state index < -0.39 is 0 Å². The first-order valence-corrected chi connectivity index (χ1v) is 6.79. The third kappa shape index (κ3) is 3.53. The van der Waals surface area contributed by atoms with Gasteiger partial charge in [0.25, 0.3) is 5.91 Å². The highest BCUT2D eigenvalue weighted by Crippen LogP contribution is 2.17. The number of rotatable bonds is 4. The predicted octanol–water partition coefficient (Wildman–Crippen LogP) is 2.60. The van der Waals surface area contributed by atoms with E-state index in [1.54, 1.807) is 25.6 Å². The summed E-state index contributed by atoms with van der Waals surface area (Å²) in [5, 5.41) is 5.75. The molecule has 0 unspecified atom stereocenters. The molecule has 6 heteroatoms. The van der Waals surface area contributed by atoms with Gasteiger partial charge in [0.1, 0.15) is 5.82 Å². The molecule has 110 valence electrons. The van der Waals surface area contributed by atoms with Crippen LogP contribution in [0.4, 0.5) is 11.4 Å². The van der Waals surface area contributed by atoms with Crippen LogP contribution in [-0.2, 0) is 0 Å². The normalized spacial score (nSPS) is 10.5. The van der Waals surface area contributed by atoms with Gasteiger partial charge in [-0.2, -0.15) is 0 Å². The first kappa shape index (κ1) is 14.9. The summed E-state index contributed by atoms with van der Waals surface area (Å²) >= 11 is 0. The van der Waals surface area contributed by atoms with Crippen molar-refractivity contribution in [2.75, 3.05) is 17.7 Å². The van der Waals surface area contributed by atoms with Gasteiger partial charge >= 0.3 is 0 Å². The van der Waals surface area contributed by atoms with Crippen LogP contribution in [0.25, 0.3) is 0 Å². The first-order chi connectivity index (χ1) is 10.0. The number of carbonyl (C=O) groups is 1. The Balaban J connectivity index is 2.31. The second kappa shape index (κ2) is 6.30. The number of aryl methyl sites for hydroxylation is 1. The second-order valence-electron chi connectivity index (χ2n) is 5.10. The van der Waals surface area contributed by atoms with Gasteiger partial charge in [-0.25, -0.2) is 9.97 Å². The Morgan fingerprint density at radius 3 is 2.62 bits per heavy atom. The highest BCUT2D eigenvalue weighted by molar-refractivity contribution is 6.06. The van der Waals surface area contributed by atoms with Gasteiger partial charge in [-0.1, -0.05) is 13.8 Å². The lowest BCUT2D eigenvalue weighted by Crippen LogP contribution is -2.18. The van der Waals surface area contributed by atoms with Crippen LogP contribution in [0.1, 0.15) is 41.6 Å². The molecule has 0 fully saturated rings. The summed E-state index contributed by atoms with van der Waals surface area (Å²) in [4.78, 5) is 25.1. The van der Waals surface area contributed by atoms with E-state index >= 15 is 0 Å². The van der Waals surface area contributed by atoms with Gasteiger partial charge in [-0.05, 0) is 18.6 Å². The van der Waals surface area contributed by atoms with Gasteiger partial charge in [-0.3, -0.25) is 9.78 Å². The SMILES string of the molecule is CNc1cnc(C(C)C)nc1C(=O)Nc1cncc(C)c1.